The molecule has 0 aromatic rings. The monoisotopic (exact) mass is 273 g/mol. The third-order valence-corrected chi connectivity index (χ3v) is 3.56. The third kappa shape index (κ3) is 3.66. The van der Waals surface area contributed by atoms with Crippen molar-refractivity contribution in [2.24, 2.45) is 17.4 Å². The van der Waals surface area contributed by atoms with Gasteiger partial charge in [-0.2, -0.15) is 0 Å². The summed E-state index contributed by atoms with van der Waals surface area (Å²) >= 11 is 0. The van der Waals surface area contributed by atoms with Gasteiger partial charge in [0.05, 0.1) is 6.54 Å². The molecule has 0 spiro atoms. The summed E-state index contributed by atoms with van der Waals surface area (Å²) in [6, 6.07) is 0. The fourth-order valence-electron chi connectivity index (χ4n) is 2.40. The predicted octanol–water partition coefficient (Wildman–Crippen LogP) is -2.56. The maximum atomic E-state index is 11.5. The van der Waals surface area contributed by atoms with E-state index in [-0.39, 0.29) is 31.9 Å². The van der Waals surface area contributed by atoms with Gasteiger partial charge < -0.3 is 31.5 Å². The fraction of sp³-hybridized carbons (Fsp3) is 0.800. The molecule has 8 nitrogen and oxygen atoms in total. The number of amides is 1. The van der Waals surface area contributed by atoms with Crippen molar-refractivity contribution in [2.75, 3.05) is 19.6 Å². The second kappa shape index (κ2) is 6.33. The van der Waals surface area contributed by atoms with Gasteiger partial charge in [0.15, 0.2) is 0 Å². The normalized spacial score (nSPS) is 26.5. The van der Waals surface area contributed by atoms with E-state index >= 15 is 0 Å². The Bertz CT molecular complexity index is 354. The molecule has 1 aliphatic rings. The highest BCUT2D eigenvalue weighted by Crippen LogP contribution is 2.30. The van der Waals surface area contributed by atoms with E-state index in [1.54, 1.807) is 0 Å². The lowest BCUT2D eigenvalue weighted by Gasteiger charge is -2.25. The van der Waals surface area contributed by atoms with E-state index in [4.69, 9.17) is 21.5 Å². The Morgan fingerprint density at radius 1 is 1.42 bits per heavy atom. The molecular formula is C10H20BN3O5. The van der Waals surface area contributed by atoms with Crippen LogP contribution >= 0.6 is 0 Å². The quantitative estimate of drug-likeness (QED) is 0.334. The molecule has 2 atom stereocenters. The van der Waals surface area contributed by atoms with Gasteiger partial charge in [0, 0.05) is 19.0 Å². The number of aliphatic carboxylic acids is 1. The van der Waals surface area contributed by atoms with E-state index in [0.29, 0.717) is 12.8 Å². The first kappa shape index (κ1) is 15.9. The molecule has 1 amide bonds. The van der Waals surface area contributed by atoms with E-state index in [2.05, 4.69) is 0 Å². The second-order valence-corrected chi connectivity index (χ2v) is 4.93. The average molecular weight is 273 g/mol. The van der Waals surface area contributed by atoms with Gasteiger partial charge in [-0.3, -0.25) is 9.59 Å². The lowest BCUT2D eigenvalue weighted by atomic mass is 9.78. The Hall–Kier alpha value is -1.16. The molecule has 0 aromatic heterocycles. The molecular weight excluding hydrogens is 253 g/mol. The van der Waals surface area contributed by atoms with Gasteiger partial charge in [-0.05, 0) is 12.7 Å². The van der Waals surface area contributed by atoms with E-state index in [9.17, 15) is 14.7 Å². The van der Waals surface area contributed by atoms with Crippen LogP contribution in [0.4, 0.5) is 0 Å². The minimum Gasteiger partial charge on any atom is -0.480 e. The first-order valence-corrected chi connectivity index (χ1v) is 6.17. The Morgan fingerprint density at radius 3 is 2.53 bits per heavy atom. The van der Waals surface area contributed by atoms with Crippen molar-refractivity contribution in [3.63, 3.8) is 0 Å². The first-order chi connectivity index (χ1) is 8.81. The van der Waals surface area contributed by atoms with Crippen molar-refractivity contribution in [3.05, 3.63) is 0 Å². The van der Waals surface area contributed by atoms with Crippen LogP contribution in [0.15, 0.2) is 0 Å². The van der Waals surface area contributed by atoms with Crippen LogP contribution in [0, 0.1) is 5.92 Å². The van der Waals surface area contributed by atoms with E-state index in [1.165, 1.54) is 4.90 Å². The number of nitrogens with two attached hydrogens (primary N) is 2. The zero-order valence-electron chi connectivity index (χ0n) is 10.7. The minimum absolute atomic E-state index is 0.0648. The SMILES string of the molecule is NCC(=O)N1CC(CCCB(O)O)[C@](N)(C(=O)O)C1. The molecule has 0 radical (unpaired) electrons. The third-order valence-electron chi connectivity index (χ3n) is 3.56. The minimum atomic E-state index is -1.49. The molecule has 19 heavy (non-hydrogen) atoms. The molecule has 1 unspecified atom stereocenters. The number of rotatable bonds is 6. The molecule has 0 bridgehead atoms. The van der Waals surface area contributed by atoms with Gasteiger partial charge in [0.1, 0.15) is 5.54 Å². The summed E-state index contributed by atoms with van der Waals surface area (Å²) < 4.78 is 0. The smallest absolute Gasteiger partial charge is 0.451 e. The molecule has 1 heterocycles. The molecule has 9 heteroatoms. The molecule has 1 saturated heterocycles. The summed E-state index contributed by atoms with van der Waals surface area (Å²) in [5.41, 5.74) is 9.65. The molecule has 0 saturated carbocycles. The summed E-state index contributed by atoms with van der Waals surface area (Å²) in [6.07, 6.45) is 0.991. The van der Waals surface area contributed by atoms with Crippen molar-refractivity contribution in [2.45, 2.75) is 24.7 Å². The lowest BCUT2D eigenvalue weighted by Crippen LogP contribution is -2.55. The number of likely N-dealkylation sites (tertiary alicyclic amines) is 1. The van der Waals surface area contributed by atoms with Gasteiger partial charge in [0.2, 0.25) is 5.91 Å². The molecule has 0 aromatic carbocycles. The maximum Gasteiger partial charge on any atom is 0.451 e. The predicted molar refractivity (Wildman–Crippen MR) is 67.9 cm³/mol. The van der Waals surface area contributed by atoms with Crippen LogP contribution < -0.4 is 11.5 Å². The van der Waals surface area contributed by atoms with Crippen molar-refractivity contribution in [1.82, 2.24) is 4.90 Å². The average Bonchev–Trinajstić information content (AvgIpc) is 2.67. The summed E-state index contributed by atoms with van der Waals surface area (Å²) in [7, 11) is -1.42. The molecule has 1 aliphatic heterocycles. The highest BCUT2D eigenvalue weighted by atomic mass is 16.4. The number of hydrogen-bond acceptors (Lipinski definition) is 6. The summed E-state index contributed by atoms with van der Waals surface area (Å²) in [5.74, 6) is -1.91. The largest absolute Gasteiger partial charge is 0.480 e. The van der Waals surface area contributed by atoms with Crippen LogP contribution in [-0.2, 0) is 9.59 Å². The standard InChI is InChI=1S/C10H20BN3O5/c12-4-8(15)14-5-7(2-1-3-11(18)19)10(13,6-14)9(16)17/h7,18-19H,1-6,12-13H2,(H,16,17)/t7?,10-/m0/s1. The maximum absolute atomic E-state index is 11.5. The molecule has 108 valence electrons. The summed E-state index contributed by atoms with van der Waals surface area (Å²) in [6.45, 7) is -0.0111. The Kier molecular flexibility index (Phi) is 5.30. The summed E-state index contributed by atoms with van der Waals surface area (Å²) in [5, 5.41) is 26.8. The number of carbonyl (C=O) groups is 2. The van der Waals surface area contributed by atoms with Crippen LogP contribution in [0.5, 0.6) is 0 Å². The van der Waals surface area contributed by atoms with Crippen molar-refractivity contribution in [3.8, 4) is 0 Å². The summed E-state index contributed by atoms with van der Waals surface area (Å²) in [4.78, 5) is 24.2. The van der Waals surface area contributed by atoms with Gasteiger partial charge in [0.25, 0.3) is 0 Å². The van der Waals surface area contributed by atoms with Crippen LogP contribution in [-0.4, -0.2) is 64.2 Å². The Labute approximate surface area is 111 Å². The van der Waals surface area contributed by atoms with E-state index in [0.717, 1.165) is 0 Å². The lowest BCUT2D eigenvalue weighted by molar-refractivity contribution is -0.144. The van der Waals surface area contributed by atoms with Gasteiger partial charge in [-0.15, -0.1) is 0 Å². The molecule has 7 N–H and O–H groups in total. The van der Waals surface area contributed by atoms with Crippen LogP contribution in [0.2, 0.25) is 6.32 Å². The first-order valence-electron chi connectivity index (χ1n) is 6.17. The Balaban J connectivity index is 2.70. The number of carbonyl (C=O) groups excluding carboxylic acids is 1. The van der Waals surface area contributed by atoms with Crippen molar-refractivity contribution >= 4 is 19.0 Å². The van der Waals surface area contributed by atoms with Crippen LogP contribution in [0.3, 0.4) is 0 Å². The molecule has 1 fully saturated rings. The van der Waals surface area contributed by atoms with Crippen LogP contribution in [0.25, 0.3) is 0 Å². The Morgan fingerprint density at radius 2 is 2.05 bits per heavy atom. The highest BCUT2D eigenvalue weighted by Gasteiger charge is 2.50. The second-order valence-electron chi connectivity index (χ2n) is 4.93. The molecule has 1 rings (SSSR count). The topological polar surface area (TPSA) is 150 Å². The van der Waals surface area contributed by atoms with Crippen LogP contribution in [0.1, 0.15) is 12.8 Å². The number of carboxylic acid groups (broad SMARTS) is 1. The van der Waals surface area contributed by atoms with Crippen molar-refractivity contribution < 1.29 is 24.7 Å². The zero-order chi connectivity index (χ0) is 14.6. The van der Waals surface area contributed by atoms with Gasteiger partial charge >= 0.3 is 13.1 Å². The van der Waals surface area contributed by atoms with Gasteiger partial charge in [-0.25, -0.2) is 0 Å². The van der Waals surface area contributed by atoms with Gasteiger partial charge in [-0.1, -0.05) is 6.42 Å². The number of carboxylic acids is 1. The number of nitrogens with zero attached hydrogens (tertiary/aromatic N) is 1. The number of hydrogen-bond donors (Lipinski definition) is 5. The fourth-order valence-corrected chi connectivity index (χ4v) is 2.40. The zero-order valence-corrected chi connectivity index (χ0v) is 10.7. The van der Waals surface area contributed by atoms with E-state index < -0.39 is 24.5 Å². The highest BCUT2D eigenvalue weighted by molar-refractivity contribution is 6.40. The van der Waals surface area contributed by atoms with Crippen molar-refractivity contribution in [1.29, 1.82) is 0 Å². The van der Waals surface area contributed by atoms with E-state index in [1.807, 2.05) is 0 Å². The molecule has 0 aliphatic carbocycles.